The van der Waals surface area contributed by atoms with Gasteiger partial charge in [0.25, 0.3) is 0 Å². The van der Waals surface area contributed by atoms with Crippen molar-refractivity contribution in [2.24, 2.45) is 4.99 Å². The predicted octanol–water partition coefficient (Wildman–Crippen LogP) is 5.17. The van der Waals surface area contributed by atoms with Gasteiger partial charge in [0, 0.05) is 11.3 Å². The van der Waals surface area contributed by atoms with Crippen LogP contribution in [0.4, 0.5) is 36.8 Å². The molecule has 1 heterocycles. The molecule has 2 aromatic carbocycles. The normalized spacial score (nSPS) is 17.4. The summed E-state index contributed by atoms with van der Waals surface area (Å²) >= 11 is 0.827. The first kappa shape index (κ1) is 24.7. The first-order valence-corrected chi connectivity index (χ1v) is 10.3. The molecule has 0 aliphatic carbocycles. The standard InChI is InChI=1S/C20H17F6N3O3S/c21-19(22,23)10-28-17(33-12-29(18(28)31)14-4-2-1-3-5-14)27-16(30)13-6-8-15(9-7-13)32-11-20(24,25)26/h1-9,16,30H,10-12H2. The molecule has 0 aromatic heterocycles. The Kier molecular flexibility index (Phi) is 7.42. The topological polar surface area (TPSA) is 65.4 Å². The van der Waals surface area contributed by atoms with E-state index in [2.05, 4.69) is 9.73 Å². The van der Waals surface area contributed by atoms with Gasteiger partial charge in [-0.25, -0.2) is 9.79 Å². The maximum Gasteiger partial charge on any atom is 0.422 e. The van der Waals surface area contributed by atoms with E-state index in [0.717, 1.165) is 28.8 Å². The van der Waals surface area contributed by atoms with Gasteiger partial charge in [-0.05, 0) is 24.3 Å². The third-order valence-corrected chi connectivity index (χ3v) is 5.21. The molecule has 13 heteroatoms. The van der Waals surface area contributed by atoms with Gasteiger partial charge in [0.15, 0.2) is 18.0 Å². The Morgan fingerprint density at radius 1 is 1.00 bits per heavy atom. The molecule has 1 saturated heterocycles. The zero-order valence-electron chi connectivity index (χ0n) is 16.7. The van der Waals surface area contributed by atoms with Crippen molar-refractivity contribution in [1.82, 2.24) is 4.90 Å². The number of aliphatic hydroxyl groups is 1. The predicted molar refractivity (Wildman–Crippen MR) is 110 cm³/mol. The molecule has 1 unspecified atom stereocenters. The molecule has 1 atom stereocenters. The summed E-state index contributed by atoms with van der Waals surface area (Å²) in [6.07, 6.45) is -10.9. The molecule has 6 nitrogen and oxygen atoms in total. The molecule has 178 valence electrons. The molecular formula is C20H17F6N3O3S. The molecule has 0 radical (unpaired) electrons. The summed E-state index contributed by atoms with van der Waals surface area (Å²) in [6.45, 7) is -3.11. The zero-order chi connectivity index (χ0) is 24.2. The van der Waals surface area contributed by atoms with Gasteiger partial charge in [-0.1, -0.05) is 42.1 Å². The van der Waals surface area contributed by atoms with Crippen LogP contribution in [0.25, 0.3) is 0 Å². The van der Waals surface area contributed by atoms with E-state index in [4.69, 9.17) is 0 Å². The molecule has 1 aliphatic heterocycles. The number of ether oxygens (including phenoxy) is 1. The quantitative estimate of drug-likeness (QED) is 0.564. The van der Waals surface area contributed by atoms with E-state index in [1.165, 1.54) is 12.1 Å². The van der Waals surface area contributed by atoms with Crippen LogP contribution in [-0.4, -0.2) is 52.6 Å². The van der Waals surface area contributed by atoms with E-state index in [1.807, 2.05) is 0 Å². The number of urea groups is 1. The van der Waals surface area contributed by atoms with Crippen LogP contribution in [0.3, 0.4) is 0 Å². The lowest BCUT2D eigenvalue weighted by molar-refractivity contribution is -0.153. The van der Waals surface area contributed by atoms with Gasteiger partial charge in [0.2, 0.25) is 0 Å². The van der Waals surface area contributed by atoms with Crippen molar-refractivity contribution in [3.05, 3.63) is 60.2 Å². The van der Waals surface area contributed by atoms with Gasteiger partial charge < -0.3 is 9.84 Å². The number of amides is 2. The lowest BCUT2D eigenvalue weighted by atomic mass is 10.2. The van der Waals surface area contributed by atoms with Crippen molar-refractivity contribution in [3.63, 3.8) is 0 Å². The van der Waals surface area contributed by atoms with E-state index >= 15 is 0 Å². The van der Waals surface area contributed by atoms with Crippen LogP contribution >= 0.6 is 11.8 Å². The molecule has 3 rings (SSSR count). The highest BCUT2D eigenvalue weighted by atomic mass is 32.2. The van der Waals surface area contributed by atoms with Crippen molar-refractivity contribution in [1.29, 1.82) is 0 Å². The smallest absolute Gasteiger partial charge is 0.422 e. The summed E-state index contributed by atoms with van der Waals surface area (Å²) in [5, 5.41) is 10.0. The fourth-order valence-corrected chi connectivity index (χ4v) is 3.75. The molecule has 1 fully saturated rings. The van der Waals surface area contributed by atoms with Crippen LogP contribution in [-0.2, 0) is 0 Å². The van der Waals surface area contributed by atoms with Crippen molar-refractivity contribution < 1.29 is 41.0 Å². The number of hydrogen-bond donors (Lipinski definition) is 1. The van der Waals surface area contributed by atoms with E-state index in [0.29, 0.717) is 10.6 Å². The van der Waals surface area contributed by atoms with Crippen molar-refractivity contribution in [3.8, 4) is 5.75 Å². The number of nitrogens with zero attached hydrogens (tertiary/aromatic N) is 3. The number of hydrogen-bond acceptors (Lipinski definition) is 5. The first-order chi connectivity index (χ1) is 15.4. The Morgan fingerprint density at radius 2 is 1.64 bits per heavy atom. The number of carbonyl (C=O) groups excluding carboxylic acids is 1. The van der Waals surface area contributed by atoms with Gasteiger partial charge in [-0.15, -0.1) is 0 Å². The Hall–Kier alpha value is -2.93. The maximum absolute atomic E-state index is 13.1. The largest absolute Gasteiger partial charge is 0.484 e. The number of alkyl halides is 6. The monoisotopic (exact) mass is 493 g/mol. The molecule has 0 bridgehead atoms. The molecule has 1 aliphatic rings. The number of anilines is 1. The number of thioether (sulfide) groups is 1. The third kappa shape index (κ3) is 7.02. The Morgan fingerprint density at radius 3 is 2.21 bits per heavy atom. The van der Waals surface area contributed by atoms with Crippen LogP contribution in [0.15, 0.2) is 59.6 Å². The van der Waals surface area contributed by atoms with E-state index < -0.39 is 37.8 Å². The van der Waals surface area contributed by atoms with Crippen LogP contribution in [0.5, 0.6) is 5.75 Å². The van der Waals surface area contributed by atoms with E-state index in [9.17, 15) is 36.2 Å². The number of halogens is 6. The van der Waals surface area contributed by atoms with Gasteiger partial charge in [-0.3, -0.25) is 9.80 Å². The average Bonchev–Trinajstić information content (AvgIpc) is 2.74. The molecular weight excluding hydrogens is 476 g/mol. The van der Waals surface area contributed by atoms with Crippen LogP contribution in [0.1, 0.15) is 11.8 Å². The highest BCUT2D eigenvalue weighted by molar-refractivity contribution is 8.14. The van der Waals surface area contributed by atoms with Crippen LogP contribution in [0.2, 0.25) is 0 Å². The number of rotatable bonds is 6. The fourth-order valence-electron chi connectivity index (χ4n) is 2.78. The zero-order valence-corrected chi connectivity index (χ0v) is 17.5. The second kappa shape index (κ2) is 9.91. The number of para-hydroxylation sites is 1. The minimum atomic E-state index is -4.72. The first-order valence-electron chi connectivity index (χ1n) is 9.32. The van der Waals surface area contributed by atoms with Gasteiger partial charge in [0.05, 0.1) is 5.88 Å². The minimum Gasteiger partial charge on any atom is -0.484 e. The van der Waals surface area contributed by atoms with Crippen LogP contribution < -0.4 is 9.64 Å². The minimum absolute atomic E-state index is 0.0347. The summed E-state index contributed by atoms with van der Waals surface area (Å²) in [5.41, 5.74) is 0.489. The molecule has 1 N–H and O–H groups in total. The third-order valence-electron chi connectivity index (χ3n) is 4.23. The summed E-state index contributed by atoms with van der Waals surface area (Å²) in [4.78, 5) is 18.2. The van der Waals surface area contributed by atoms with E-state index in [-0.39, 0.29) is 22.4 Å². The summed E-state index contributed by atoms with van der Waals surface area (Å²) in [5.74, 6) is -0.150. The maximum atomic E-state index is 13.1. The SMILES string of the molecule is O=C1N(CC(F)(F)F)C(=NC(O)c2ccc(OCC(F)(F)F)cc2)SCN1c1ccccc1. The number of carbonyl (C=O) groups is 1. The van der Waals surface area contributed by atoms with Gasteiger partial charge >= 0.3 is 18.4 Å². The Labute approximate surface area is 188 Å². The molecule has 0 saturated carbocycles. The number of aliphatic hydroxyl groups excluding tert-OH is 1. The Balaban J connectivity index is 1.79. The highest BCUT2D eigenvalue weighted by Gasteiger charge is 2.40. The Bertz CT molecular complexity index is 983. The van der Waals surface area contributed by atoms with Crippen LogP contribution in [0, 0.1) is 0 Å². The van der Waals surface area contributed by atoms with Crippen molar-refractivity contribution >= 4 is 28.6 Å². The lowest BCUT2D eigenvalue weighted by Crippen LogP contribution is -2.53. The molecule has 2 amide bonds. The van der Waals surface area contributed by atoms with Gasteiger partial charge in [-0.2, -0.15) is 26.3 Å². The lowest BCUT2D eigenvalue weighted by Gasteiger charge is -2.36. The van der Waals surface area contributed by atoms with Gasteiger partial charge in [0.1, 0.15) is 12.3 Å². The summed E-state index contributed by atoms with van der Waals surface area (Å²) in [7, 11) is 0. The second-order valence-electron chi connectivity index (χ2n) is 6.78. The molecule has 2 aromatic rings. The number of benzene rings is 2. The van der Waals surface area contributed by atoms with Crippen molar-refractivity contribution in [2.75, 3.05) is 23.9 Å². The second-order valence-corrected chi connectivity index (χ2v) is 7.69. The molecule has 33 heavy (non-hydrogen) atoms. The molecule has 0 spiro atoms. The number of aliphatic imine (C=N–C) groups is 1. The highest BCUT2D eigenvalue weighted by Crippen LogP contribution is 2.31. The summed E-state index contributed by atoms with van der Waals surface area (Å²) in [6, 6.07) is 11.9. The fraction of sp³-hybridized carbons (Fsp3) is 0.300. The summed E-state index contributed by atoms with van der Waals surface area (Å²) < 4.78 is 80.7. The number of amidine groups is 1. The average molecular weight is 493 g/mol. The van der Waals surface area contributed by atoms with Crippen molar-refractivity contribution in [2.45, 2.75) is 18.6 Å². The van der Waals surface area contributed by atoms with E-state index in [1.54, 1.807) is 30.3 Å².